The monoisotopic (exact) mass is 917 g/mol. The number of carbonyl (C=O) groups is 1. The number of hydrogen-bond acceptors (Lipinski definition) is 13. The number of rotatable bonds is 12. The molecule has 2 saturated heterocycles. The number of nitrogen functional groups attached to an aromatic ring is 1. The summed E-state index contributed by atoms with van der Waals surface area (Å²) in [6, 6.07) is 3.55. The van der Waals surface area contributed by atoms with Crippen LogP contribution in [0.5, 0.6) is 0 Å². The molecule has 2 aliphatic heterocycles. The van der Waals surface area contributed by atoms with Crippen molar-refractivity contribution < 1.29 is 14.5 Å². The molecule has 4 fully saturated rings. The first-order chi connectivity index (χ1) is 30.6. The van der Waals surface area contributed by atoms with Gasteiger partial charge in [0.05, 0.1) is 51.6 Å². The Hall–Kier alpha value is -4.89. The Morgan fingerprint density at radius 3 is 1.77 bits per heavy atom. The number of piperidine rings is 2. The van der Waals surface area contributed by atoms with E-state index in [0.29, 0.717) is 15.6 Å². The summed E-state index contributed by atoms with van der Waals surface area (Å²) in [5.41, 5.74) is 8.67. The van der Waals surface area contributed by atoms with Crippen LogP contribution >= 0.6 is 23.2 Å². The topological polar surface area (TPSA) is 191 Å². The molecule has 2 aliphatic carbocycles. The third-order valence-corrected chi connectivity index (χ3v) is 13.2. The number of pyridine rings is 2. The van der Waals surface area contributed by atoms with Gasteiger partial charge in [0.15, 0.2) is 0 Å². The maximum Gasteiger partial charge on any atom is 0.413 e. The third-order valence-electron chi connectivity index (χ3n) is 12.8. The van der Waals surface area contributed by atoms with Gasteiger partial charge in [-0.05, 0) is 146 Å². The summed E-state index contributed by atoms with van der Waals surface area (Å²) in [6.07, 6.45) is 23.4. The van der Waals surface area contributed by atoms with E-state index >= 15 is 0 Å². The highest BCUT2D eigenvalue weighted by Crippen LogP contribution is 2.51. The Bertz CT molecular complexity index is 2140. The van der Waals surface area contributed by atoms with Gasteiger partial charge in [-0.25, -0.2) is 29.7 Å². The average Bonchev–Trinajstić information content (AvgIpc) is 4.20. The van der Waals surface area contributed by atoms with Crippen molar-refractivity contribution in [2.75, 3.05) is 47.0 Å². The molecule has 3 N–H and O–H groups in total. The highest BCUT2D eigenvalue weighted by molar-refractivity contribution is 6.30. The Morgan fingerprint density at radius 2 is 1.31 bits per heavy atom. The van der Waals surface area contributed by atoms with E-state index in [4.69, 9.17) is 33.7 Å². The first kappa shape index (κ1) is 48.6. The molecule has 17 heteroatoms. The summed E-state index contributed by atoms with van der Waals surface area (Å²) in [5, 5.41) is 14.2. The molecule has 0 spiro atoms. The third kappa shape index (κ3) is 14.6. The quantitative estimate of drug-likeness (QED) is 0.101. The van der Waals surface area contributed by atoms with Crippen molar-refractivity contribution in [3.05, 3.63) is 86.3 Å². The maximum absolute atomic E-state index is 11.5. The van der Waals surface area contributed by atoms with Gasteiger partial charge in [0.2, 0.25) is 11.9 Å². The summed E-state index contributed by atoms with van der Waals surface area (Å²) in [4.78, 5) is 51.7. The SMILES string of the molecule is CCC[C@@H]1C[C@@H]1C1CCN(c2ncc(Cl)cn2)CC1.Cc1cc(CCC[C@@H]2C[C@@H]2C2CCN(c3ncc(Cl)cn3)CC2)ncc1N.Cc1cc(NC(=O)OC(C)(C)C)ncc1[N+](=O)[O-]. The van der Waals surface area contributed by atoms with Crippen molar-refractivity contribution in [2.24, 2.45) is 35.5 Å². The molecule has 15 nitrogen and oxygen atoms in total. The molecule has 4 aliphatic rings. The number of carbonyl (C=O) groups excluding carboxylic acids is 1. The molecular formula is C47H65Cl2N11O4. The smallest absolute Gasteiger partial charge is 0.413 e. The average molecular weight is 919 g/mol. The molecule has 0 bridgehead atoms. The van der Waals surface area contributed by atoms with Crippen molar-refractivity contribution in [1.29, 1.82) is 0 Å². The number of anilines is 4. The highest BCUT2D eigenvalue weighted by atomic mass is 35.5. The van der Waals surface area contributed by atoms with Crippen LogP contribution in [-0.2, 0) is 11.2 Å². The summed E-state index contributed by atoms with van der Waals surface area (Å²) in [5.74, 6) is 7.59. The van der Waals surface area contributed by atoms with E-state index < -0.39 is 16.6 Å². The molecular weight excluding hydrogens is 853 g/mol. The van der Waals surface area contributed by atoms with Crippen LogP contribution in [0.25, 0.3) is 0 Å². The number of nitrogens with zero attached hydrogens (tertiary/aromatic N) is 9. The molecule has 0 unspecified atom stereocenters. The predicted molar refractivity (Wildman–Crippen MR) is 254 cm³/mol. The van der Waals surface area contributed by atoms with Gasteiger partial charge in [0.25, 0.3) is 5.69 Å². The van der Waals surface area contributed by atoms with Crippen molar-refractivity contribution in [3.63, 3.8) is 0 Å². The largest absolute Gasteiger partial charge is 0.444 e. The van der Waals surface area contributed by atoms with Crippen molar-refractivity contribution in [1.82, 2.24) is 29.9 Å². The number of nitrogens with two attached hydrogens (primary N) is 1. The summed E-state index contributed by atoms with van der Waals surface area (Å²) >= 11 is 11.7. The number of amides is 1. The van der Waals surface area contributed by atoms with Crippen LogP contribution in [0.4, 0.5) is 33.9 Å². The Balaban J connectivity index is 0.000000164. The second kappa shape index (κ2) is 22.3. The summed E-state index contributed by atoms with van der Waals surface area (Å²) in [7, 11) is 0. The van der Waals surface area contributed by atoms with E-state index in [-0.39, 0.29) is 11.5 Å². The van der Waals surface area contributed by atoms with E-state index in [2.05, 4.69) is 64.9 Å². The molecule has 346 valence electrons. The lowest BCUT2D eigenvalue weighted by Gasteiger charge is -2.32. The first-order valence-corrected chi connectivity index (χ1v) is 23.6. The fourth-order valence-electron chi connectivity index (χ4n) is 9.25. The van der Waals surface area contributed by atoms with Gasteiger partial charge in [-0.15, -0.1) is 0 Å². The molecule has 0 radical (unpaired) electrons. The lowest BCUT2D eigenvalue weighted by Crippen LogP contribution is -2.35. The van der Waals surface area contributed by atoms with Gasteiger partial charge >= 0.3 is 6.09 Å². The Morgan fingerprint density at radius 1 is 0.797 bits per heavy atom. The molecule has 4 aromatic rings. The number of nitro groups is 1. The summed E-state index contributed by atoms with van der Waals surface area (Å²) < 4.78 is 5.04. The van der Waals surface area contributed by atoms with Gasteiger partial charge in [-0.3, -0.25) is 20.4 Å². The van der Waals surface area contributed by atoms with Crippen LogP contribution in [0, 0.1) is 59.5 Å². The standard InChI is InChI=1S/C21H28ClN5.C15H22ClN3.C11H15N3O4/c1-14-9-18(24-13-20(14)23)4-2-3-16-10-19(16)15-5-7-27(8-6-15)21-25-11-17(22)12-26-21;1-2-3-12-8-14(12)11-4-6-19(7-5-11)15-17-9-13(16)10-18-15;1-7-5-9(12-6-8(7)14(16)17)13-10(15)18-11(2,3)4/h9,11-13,15-16,19H,2-8,10,23H2,1H3;9-12,14H,2-8H2,1H3;5-6H,1-4H3,(H,12,13,15)/t16-,19-;12-,14-;/m11./s1. The molecule has 6 heterocycles. The number of nitrogens with one attached hydrogen (secondary N) is 1. The zero-order valence-corrected chi connectivity index (χ0v) is 39.7. The second-order valence-electron chi connectivity index (χ2n) is 18.8. The van der Waals surface area contributed by atoms with Crippen LogP contribution in [0.15, 0.2) is 49.3 Å². The molecule has 2 saturated carbocycles. The zero-order valence-electron chi connectivity index (χ0n) is 38.2. The van der Waals surface area contributed by atoms with Gasteiger partial charge < -0.3 is 20.3 Å². The van der Waals surface area contributed by atoms with Crippen LogP contribution in [0.1, 0.15) is 109 Å². The fourth-order valence-corrected chi connectivity index (χ4v) is 9.44. The number of aryl methyl sites for hydroxylation is 3. The molecule has 8 rings (SSSR count). The lowest BCUT2D eigenvalue weighted by molar-refractivity contribution is -0.385. The number of ether oxygens (including phenoxy) is 1. The minimum absolute atomic E-state index is 0.0928. The predicted octanol–water partition coefficient (Wildman–Crippen LogP) is 10.7. The van der Waals surface area contributed by atoms with Crippen molar-refractivity contribution in [3.8, 4) is 0 Å². The molecule has 64 heavy (non-hydrogen) atoms. The van der Waals surface area contributed by atoms with E-state index in [1.165, 1.54) is 76.0 Å². The molecule has 0 aromatic carbocycles. The van der Waals surface area contributed by atoms with Crippen molar-refractivity contribution in [2.45, 2.75) is 118 Å². The number of halogens is 2. The van der Waals surface area contributed by atoms with Crippen LogP contribution in [0.3, 0.4) is 0 Å². The highest BCUT2D eigenvalue weighted by Gasteiger charge is 2.44. The van der Waals surface area contributed by atoms with Gasteiger partial charge in [0, 0.05) is 37.4 Å². The number of aromatic nitrogens is 6. The minimum Gasteiger partial charge on any atom is -0.444 e. The van der Waals surface area contributed by atoms with Crippen LogP contribution in [-0.4, -0.2) is 72.7 Å². The normalized spacial score (nSPS) is 20.9. The van der Waals surface area contributed by atoms with E-state index in [9.17, 15) is 14.9 Å². The maximum atomic E-state index is 11.5. The summed E-state index contributed by atoms with van der Waals surface area (Å²) in [6.45, 7) is 15.5. The second-order valence-corrected chi connectivity index (χ2v) is 19.7. The zero-order chi connectivity index (χ0) is 46.0. The van der Waals surface area contributed by atoms with Crippen LogP contribution < -0.4 is 20.9 Å². The van der Waals surface area contributed by atoms with Crippen molar-refractivity contribution >= 4 is 58.4 Å². The number of hydrogen-bond donors (Lipinski definition) is 2. The van der Waals surface area contributed by atoms with E-state index in [1.807, 2.05) is 0 Å². The first-order valence-electron chi connectivity index (χ1n) is 22.8. The van der Waals surface area contributed by atoms with E-state index in [1.54, 1.807) is 58.7 Å². The Labute approximate surface area is 387 Å². The van der Waals surface area contributed by atoms with Gasteiger partial charge in [0.1, 0.15) is 17.6 Å². The molecule has 4 atom stereocenters. The molecule has 1 amide bonds. The van der Waals surface area contributed by atoms with Gasteiger partial charge in [-0.1, -0.05) is 43.0 Å². The minimum atomic E-state index is -0.650. The van der Waals surface area contributed by atoms with E-state index in [0.717, 1.165) is 97.5 Å². The Kier molecular flexibility index (Phi) is 17.0. The van der Waals surface area contributed by atoms with Crippen LogP contribution in [0.2, 0.25) is 10.0 Å². The fraction of sp³-hybridized carbons (Fsp3) is 0.596. The van der Waals surface area contributed by atoms with Gasteiger partial charge in [-0.2, -0.15) is 0 Å². The lowest BCUT2D eigenvalue weighted by atomic mass is 9.90. The molecule has 4 aromatic heterocycles.